The molecule has 0 spiro atoms. The van der Waals surface area contributed by atoms with Gasteiger partial charge in [0.1, 0.15) is 0 Å². The highest BCUT2D eigenvalue weighted by atomic mass is 79.9. The van der Waals surface area contributed by atoms with Gasteiger partial charge in [0.2, 0.25) is 0 Å². The predicted octanol–water partition coefficient (Wildman–Crippen LogP) is 1.92. The lowest BCUT2D eigenvalue weighted by Crippen LogP contribution is -2.21. The fourth-order valence-corrected chi connectivity index (χ4v) is 1.21. The zero-order valence-corrected chi connectivity index (χ0v) is 8.92. The summed E-state index contributed by atoms with van der Waals surface area (Å²) in [6, 6.07) is 1.88. The van der Waals surface area contributed by atoms with E-state index in [0.717, 1.165) is 11.4 Å². The van der Waals surface area contributed by atoms with Crippen LogP contribution in [0.15, 0.2) is 6.07 Å². The Bertz CT molecular complexity index is 304. The molecule has 0 aliphatic heterocycles. The van der Waals surface area contributed by atoms with Gasteiger partial charge in [0.15, 0.2) is 0 Å². The first kappa shape index (κ1) is 9.45. The molecule has 0 radical (unpaired) electrons. The molecule has 4 heteroatoms. The first-order chi connectivity index (χ1) is 5.52. The Kier molecular flexibility index (Phi) is 2.67. The van der Waals surface area contributed by atoms with Crippen LogP contribution in [0.2, 0.25) is 0 Å². The molecule has 0 saturated heterocycles. The van der Waals surface area contributed by atoms with E-state index in [-0.39, 0.29) is 10.7 Å². The zero-order chi connectivity index (χ0) is 9.30. The third-order valence-corrected chi connectivity index (χ3v) is 1.95. The van der Waals surface area contributed by atoms with Crippen molar-refractivity contribution in [2.45, 2.75) is 25.6 Å². The number of carbonyl (C=O) groups is 1. The smallest absolute Gasteiger partial charge is 0.260 e. The highest BCUT2D eigenvalue weighted by Crippen LogP contribution is 2.06. The van der Waals surface area contributed by atoms with E-state index in [1.807, 2.05) is 19.9 Å². The van der Waals surface area contributed by atoms with Gasteiger partial charge in [-0.2, -0.15) is 5.10 Å². The third-order valence-electron chi connectivity index (χ3n) is 1.56. The van der Waals surface area contributed by atoms with Crippen molar-refractivity contribution in [1.29, 1.82) is 0 Å². The molecule has 0 N–H and O–H groups in total. The summed E-state index contributed by atoms with van der Waals surface area (Å²) < 4.78 is 1.43. The summed E-state index contributed by atoms with van der Waals surface area (Å²) in [5.74, 6) is -0.0272. The molecule has 1 aromatic heterocycles. The summed E-state index contributed by atoms with van der Waals surface area (Å²) in [7, 11) is 0. The van der Waals surface area contributed by atoms with E-state index in [1.165, 1.54) is 4.68 Å². The average molecular weight is 231 g/mol. The van der Waals surface area contributed by atoms with Crippen molar-refractivity contribution < 1.29 is 4.79 Å². The van der Waals surface area contributed by atoms with Gasteiger partial charge in [-0.25, -0.2) is 4.68 Å². The van der Waals surface area contributed by atoms with Crippen molar-refractivity contribution >= 4 is 21.8 Å². The number of aromatic nitrogens is 2. The van der Waals surface area contributed by atoms with Gasteiger partial charge in [-0.3, -0.25) is 4.79 Å². The van der Waals surface area contributed by atoms with E-state index in [9.17, 15) is 4.79 Å². The largest absolute Gasteiger partial charge is 0.271 e. The second-order valence-corrected chi connectivity index (χ2v) is 4.17. The SMILES string of the molecule is Cc1cc(C)n(C(=O)C(C)Br)n1. The van der Waals surface area contributed by atoms with Gasteiger partial charge in [0.25, 0.3) is 5.91 Å². The number of hydrogen-bond donors (Lipinski definition) is 0. The molecule has 1 rings (SSSR count). The summed E-state index contributed by atoms with van der Waals surface area (Å²) in [6.07, 6.45) is 0. The second kappa shape index (κ2) is 3.39. The molecule has 1 heterocycles. The maximum atomic E-state index is 11.4. The maximum Gasteiger partial charge on any atom is 0.260 e. The van der Waals surface area contributed by atoms with E-state index >= 15 is 0 Å². The van der Waals surface area contributed by atoms with Crippen LogP contribution < -0.4 is 0 Å². The molecule has 66 valence electrons. The minimum absolute atomic E-state index is 0.0272. The lowest BCUT2D eigenvalue weighted by Gasteiger charge is -2.03. The van der Waals surface area contributed by atoms with Crippen LogP contribution in [-0.2, 0) is 0 Å². The fourth-order valence-electron chi connectivity index (χ4n) is 1.02. The fraction of sp³-hybridized carbons (Fsp3) is 0.500. The van der Waals surface area contributed by atoms with Gasteiger partial charge in [0, 0.05) is 5.69 Å². The van der Waals surface area contributed by atoms with Crippen molar-refractivity contribution in [3.05, 3.63) is 17.5 Å². The number of hydrogen-bond acceptors (Lipinski definition) is 2. The highest BCUT2D eigenvalue weighted by molar-refractivity contribution is 9.10. The molecule has 1 unspecified atom stereocenters. The number of halogens is 1. The monoisotopic (exact) mass is 230 g/mol. The lowest BCUT2D eigenvalue weighted by molar-refractivity contribution is 0.0899. The first-order valence-electron chi connectivity index (χ1n) is 3.74. The molecule has 0 aromatic carbocycles. The predicted molar refractivity (Wildman–Crippen MR) is 50.7 cm³/mol. The van der Waals surface area contributed by atoms with Gasteiger partial charge in [0.05, 0.1) is 10.5 Å². The average Bonchev–Trinajstić information content (AvgIpc) is 2.28. The summed E-state index contributed by atoms with van der Waals surface area (Å²) >= 11 is 3.21. The third kappa shape index (κ3) is 1.75. The molecule has 1 aromatic rings. The molecular weight excluding hydrogens is 220 g/mol. The standard InChI is InChI=1S/C8H11BrN2O/c1-5-4-6(2)11(10-5)8(12)7(3)9/h4,7H,1-3H3. The maximum absolute atomic E-state index is 11.4. The Balaban J connectivity index is 3.02. The zero-order valence-electron chi connectivity index (χ0n) is 7.34. The van der Waals surface area contributed by atoms with Crippen LogP contribution in [0, 0.1) is 13.8 Å². The van der Waals surface area contributed by atoms with Gasteiger partial charge >= 0.3 is 0 Å². The van der Waals surface area contributed by atoms with Crippen LogP contribution in [0.25, 0.3) is 0 Å². The van der Waals surface area contributed by atoms with Crippen LogP contribution in [0.3, 0.4) is 0 Å². The number of aryl methyl sites for hydroxylation is 2. The Morgan fingerprint density at radius 3 is 2.58 bits per heavy atom. The van der Waals surface area contributed by atoms with Crippen molar-refractivity contribution in [3.63, 3.8) is 0 Å². The minimum Gasteiger partial charge on any atom is -0.271 e. The molecule has 0 aliphatic rings. The number of nitrogens with zero attached hydrogens (tertiary/aromatic N) is 2. The number of rotatable bonds is 1. The molecule has 0 aliphatic carbocycles. The summed E-state index contributed by atoms with van der Waals surface area (Å²) in [6.45, 7) is 5.53. The van der Waals surface area contributed by atoms with E-state index in [4.69, 9.17) is 0 Å². The van der Waals surface area contributed by atoms with Crippen LogP contribution >= 0.6 is 15.9 Å². The normalized spacial score (nSPS) is 13.0. The van der Waals surface area contributed by atoms with Gasteiger partial charge in [-0.15, -0.1) is 0 Å². The molecule has 0 bridgehead atoms. The van der Waals surface area contributed by atoms with Crippen LogP contribution in [-0.4, -0.2) is 20.5 Å². The van der Waals surface area contributed by atoms with E-state index in [2.05, 4.69) is 21.0 Å². The van der Waals surface area contributed by atoms with Crippen molar-refractivity contribution in [2.24, 2.45) is 0 Å². The Morgan fingerprint density at radius 2 is 2.25 bits per heavy atom. The van der Waals surface area contributed by atoms with Gasteiger partial charge in [-0.1, -0.05) is 15.9 Å². The molecule has 0 saturated carbocycles. The van der Waals surface area contributed by atoms with Crippen LogP contribution in [0.1, 0.15) is 23.1 Å². The molecule has 1 atom stereocenters. The molecule has 12 heavy (non-hydrogen) atoms. The summed E-state index contributed by atoms with van der Waals surface area (Å²) in [5.41, 5.74) is 1.75. The molecule has 3 nitrogen and oxygen atoms in total. The quantitative estimate of drug-likeness (QED) is 0.692. The molecular formula is C8H11BrN2O. The van der Waals surface area contributed by atoms with Crippen molar-refractivity contribution in [1.82, 2.24) is 9.78 Å². The van der Waals surface area contributed by atoms with Crippen LogP contribution in [0.4, 0.5) is 0 Å². The number of carbonyl (C=O) groups excluding carboxylic acids is 1. The Labute approximate surface area is 79.9 Å². The second-order valence-electron chi connectivity index (χ2n) is 2.79. The van der Waals surface area contributed by atoms with Gasteiger partial charge in [-0.05, 0) is 26.8 Å². The lowest BCUT2D eigenvalue weighted by atomic mass is 10.4. The molecule has 0 fully saturated rings. The van der Waals surface area contributed by atoms with Crippen molar-refractivity contribution in [2.75, 3.05) is 0 Å². The Morgan fingerprint density at radius 1 is 1.67 bits per heavy atom. The highest BCUT2D eigenvalue weighted by Gasteiger charge is 2.14. The van der Waals surface area contributed by atoms with E-state index in [1.54, 1.807) is 6.92 Å². The first-order valence-corrected chi connectivity index (χ1v) is 4.65. The van der Waals surface area contributed by atoms with Gasteiger partial charge < -0.3 is 0 Å². The number of alkyl halides is 1. The van der Waals surface area contributed by atoms with E-state index < -0.39 is 0 Å². The minimum atomic E-state index is -0.185. The van der Waals surface area contributed by atoms with Crippen LogP contribution in [0.5, 0.6) is 0 Å². The van der Waals surface area contributed by atoms with Crippen molar-refractivity contribution in [3.8, 4) is 0 Å². The van der Waals surface area contributed by atoms with E-state index in [0.29, 0.717) is 0 Å². The Hall–Kier alpha value is -0.640. The molecule has 0 amide bonds. The summed E-state index contributed by atoms with van der Waals surface area (Å²) in [5, 5.41) is 4.07. The summed E-state index contributed by atoms with van der Waals surface area (Å²) in [4.78, 5) is 11.2. The topological polar surface area (TPSA) is 34.9 Å².